The van der Waals surface area contributed by atoms with Gasteiger partial charge in [0.2, 0.25) is 5.13 Å². The predicted octanol–water partition coefficient (Wildman–Crippen LogP) is 3.80. The van der Waals surface area contributed by atoms with Gasteiger partial charge in [-0.2, -0.15) is 4.37 Å². The standard InChI is InChI=1S/C12H21N3S/c1-9(2)11-14-12(16-15-11)13-10-7-5-3-4-6-8-10/h9-10H,3-8H2,1-2H3,(H,13,14,15). The third kappa shape index (κ3) is 3.17. The molecule has 0 amide bonds. The third-order valence-corrected chi connectivity index (χ3v) is 3.80. The van der Waals surface area contributed by atoms with Crippen LogP contribution in [-0.2, 0) is 0 Å². The van der Waals surface area contributed by atoms with Crippen LogP contribution < -0.4 is 5.32 Å². The largest absolute Gasteiger partial charge is 0.358 e. The summed E-state index contributed by atoms with van der Waals surface area (Å²) in [6, 6.07) is 0.621. The number of aromatic nitrogens is 2. The van der Waals surface area contributed by atoms with Gasteiger partial charge in [-0.3, -0.25) is 0 Å². The molecule has 1 aromatic rings. The van der Waals surface area contributed by atoms with Crippen molar-refractivity contribution in [1.29, 1.82) is 0 Å². The van der Waals surface area contributed by atoms with Gasteiger partial charge in [-0.25, -0.2) is 4.98 Å². The van der Waals surface area contributed by atoms with E-state index >= 15 is 0 Å². The molecule has 0 saturated heterocycles. The van der Waals surface area contributed by atoms with Crippen molar-refractivity contribution in [3.8, 4) is 0 Å². The second kappa shape index (κ2) is 5.62. The number of nitrogens with zero attached hydrogens (tertiary/aromatic N) is 2. The van der Waals surface area contributed by atoms with Gasteiger partial charge in [0.15, 0.2) is 0 Å². The molecule has 4 heteroatoms. The Balaban J connectivity index is 1.91. The van der Waals surface area contributed by atoms with Crippen molar-refractivity contribution in [2.45, 2.75) is 64.3 Å². The molecule has 1 aliphatic carbocycles. The Kier molecular flexibility index (Phi) is 4.16. The van der Waals surface area contributed by atoms with Crippen LogP contribution in [0.2, 0.25) is 0 Å². The molecule has 1 aliphatic rings. The van der Waals surface area contributed by atoms with Crippen molar-refractivity contribution < 1.29 is 0 Å². The normalized spacial score (nSPS) is 18.7. The topological polar surface area (TPSA) is 37.8 Å². The molecule has 0 spiro atoms. The maximum Gasteiger partial charge on any atom is 0.202 e. The lowest BCUT2D eigenvalue weighted by Gasteiger charge is -2.14. The van der Waals surface area contributed by atoms with Crippen LogP contribution >= 0.6 is 11.5 Å². The Morgan fingerprint density at radius 3 is 2.44 bits per heavy atom. The minimum Gasteiger partial charge on any atom is -0.358 e. The molecule has 0 atom stereocenters. The first-order valence-electron chi connectivity index (χ1n) is 6.36. The van der Waals surface area contributed by atoms with Crippen LogP contribution in [0.15, 0.2) is 0 Å². The smallest absolute Gasteiger partial charge is 0.202 e. The molecule has 16 heavy (non-hydrogen) atoms. The summed E-state index contributed by atoms with van der Waals surface area (Å²) >= 11 is 1.51. The molecule has 1 aromatic heterocycles. The highest BCUT2D eigenvalue weighted by Crippen LogP contribution is 2.23. The van der Waals surface area contributed by atoms with Crippen LogP contribution in [0.4, 0.5) is 5.13 Å². The molecule has 1 fully saturated rings. The van der Waals surface area contributed by atoms with Crippen LogP contribution in [0.25, 0.3) is 0 Å². The molecule has 0 aliphatic heterocycles. The molecule has 3 nitrogen and oxygen atoms in total. The van der Waals surface area contributed by atoms with E-state index in [1.54, 1.807) is 0 Å². The molecule has 1 heterocycles. The summed E-state index contributed by atoms with van der Waals surface area (Å²) in [5.74, 6) is 1.40. The van der Waals surface area contributed by atoms with Gasteiger partial charge < -0.3 is 5.32 Å². The van der Waals surface area contributed by atoms with Gasteiger partial charge in [0.05, 0.1) is 0 Å². The monoisotopic (exact) mass is 239 g/mol. The summed E-state index contributed by atoms with van der Waals surface area (Å²) in [5, 5.41) is 4.55. The maximum absolute atomic E-state index is 4.53. The van der Waals surface area contributed by atoms with Gasteiger partial charge in [-0.1, -0.05) is 39.5 Å². The molecule has 0 radical (unpaired) electrons. The van der Waals surface area contributed by atoms with E-state index in [1.807, 2.05) is 0 Å². The summed E-state index contributed by atoms with van der Waals surface area (Å²) in [7, 11) is 0. The average Bonchev–Trinajstić information content (AvgIpc) is 2.56. The Hall–Kier alpha value is -0.640. The number of anilines is 1. The van der Waals surface area contributed by atoms with Gasteiger partial charge in [-0.15, -0.1) is 0 Å². The molecule has 90 valence electrons. The fraction of sp³-hybridized carbons (Fsp3) is 0.833. The van der Waals surface area contributed by atoms with Crippen molar-refractivity contribution in [3.05, 3.63) is 5.82 Å². The quantitative estimate of drug-likeness (QED) is 0.815. The maximum atomic E-state index is 4.53. The Labute approximate surface area is 102 Å². The summed E-state index contributed by atoms with van der Waals surface area (Å²) in [6.45, 7) is 4.27. The van der Waals surface area contributed by atoms with Crippen molar-refractivity contribution in [2.75, 3.05) is 5.32 Å². The van der Waals surface area contributed by atoms with Gasteiger partial charge in [0.25, 0.3) is 0 Å². The molecule has 0 aromatic carbocycles. The third-order valence-electron chi connectivity index (χ3n) is 3.14. The van der Waals surface area contributed by atoms with Crippen LogP contribution in [0.5, 0.6) is 0 Å². The minimum absolute atomic E-state index is 0.431. The fourth-order valence-electron chi connectivity index (χ4n) is 2.13. The second-order valence-electron chi connectivity index (χ2n) is 4.95. The van der Waals surface area contributed by atoms with Gasteiger partial charge >= 0.3 is 0 Å². The van der Waals surface area contributed by atoms with Gasteiger partial charge in [-0.05, 0) is 12.8 Å². The highest BCUT2D eigenvalue weighted by Gasteiger charge is 2.14. The highest BCUT2D eigenvalue weighted by atomic mass is 32.1. The fourth-order valence-corrected chi connectivity index (χ4v) is 2.91. The zero-order chi connectivity index (χ0) is 11.4. The minimum atomic E-state index is 0.431. The van der Waals surface area contributed by atoms with E-state index < -0.39 is 0 Å². The van der Waals surface area contributed by atoms with Crippen LogP contribution in [0.1, 0.15) is 64.1 Å². The summed E-state index contributed by atoms with van der Waals surface area (Å²) < 4.78 is 4.37. The van der Waals surface area contributed by atoms with E-state index in [9.17, 15) is 0 Å². The van der Waals surface area contributed by atoms with E-state index in [0.717, 1.165) is 11.0 Å². The first kappa shape index (κ1) is 11.8. The van der Waals surface area contributed by atoms with E-state index in [4.69, 9.17) is 0 Å². The zero-order valence-corrected chi connectivity index (χ0v) is 11.0. The molecule has 1 saturated carbocycles. The number of hydrogen-bond acceptors (Lipinski definition) is 4. The van der Waals surface area contributed by atoms with E-state index in [0.29, 0.717) is 12.0 Å². The highest BCUT2D eigenvalue weighted by molar-refractivity contribution is 7.09. The molecule has 1 N–H and O–H groups in total. The van der Waals surface area contributed by atoms with Crippen LogP contribution in [0, 0.1) is 0 Å². The average molecular weight is 239 g/mol. The lowest BCUT2D eigenvalue weighted by atomic mass is 10.1. The molecule has 0 bridgehead atoms. The van der Waals surface area contributed by atoms with Crippen LogP contribution in [-0.4, -0.2) is 15.4 Å². The molecule has 2 rings (SSSR count). The van der Waals surface area contributed by atoms with Crippen LogP contribution in [0.3, 0.4) is 0 Å². The number of nitrogens with one attached hydrogen (secondary N) is 1. The first-order chi connectivity index (χ1) is 7.75. The van der Waals surface area contributed by atoms with E-state index in [1.165, 1.54) is 50.1 Å². The van der Waals surface area contributed by atoms with Crippen molar-refractivity contribution in [1.82, 2.24) is 9.36 Å². The van der Waals surface area contributed by atoms with Gasteiger partial charge in [0, 0.05) is 23.5 Å². The summed E-state index contributed by atoms with van der Waals surface area (Å²) in [6.07, 6.45) is 8.07. The SMILES string of the molecule is CC(C)c1nsc(NC2CCCCCC2)n1. The molecule has 0 unspecified atom stereocenters. The number of rotatable bonds is 3. The predicted molar refractivity (Wildman–Crippen MR) is 69.1 cm³/mol. The van der Waals surface area contributed by atoms with E-state index in [-0.39, 0.29) is 0 Å². The lowest BCUT2D eigenvalue weighted by Crippen LogP contribution is -2.18. The van der Waals surface area contributed by atoms with Crippen molar-refractivity contribution in [2.24, 2.45) is 0 Å². The van der Waals surface area contributed by atoms with Gasteiger partial charge in [0.1, 0.15) is 5.82 Å². The van der Waals surface area contributed by atoms with Crippen molar-refractivity contribution in [3.63, 3.8) is 0 Å². The zero-order valence-electron chi connectivity index (χ0n) is 10.2. The van der Waals surface area contributed by atoms with Crippen molar-refractivity contribution >= 4 is 16.7 Å². The first-order valence-corrected chi connectivity index (χ1v) is 7.13. The Bertz CT molecular complexity index is 314. The molecular weight excluding hydrogens is 218 g/mol. The molecular formula is C12H21N3S. The Morgan fingerprint density at radius 1 is 1.19 bits per heavy atom. The lowest BCUT2D eigenvalue weighted by molar-refractivity contribution is 0.619. The number of hydrogen-bond donors (Lipinski definition) is 1. The summed E-state index contributed by atoms with van der Waals surface area (Å²) in [4.78, 5) is 4.53. The summed E-state index contributed by atoms with van der Waals surface area (Å²) in [5.41, 5.74) is 0. The second-order valence-corrected chi connectivity index (χ2v) is 5.70. The van der Waals surface area contributed by atoms with E-state index in [2.05, 4.69) is 28.5 Å². The Morgan fingerprint density at radius 2 is 1.88 bits per heavy atom.